The molecule has 0 heterocycles. The number of alkyl halides is 10. The molecule has 0 spiro atoms. The zero-order valence-corrected chi connectivity index (χ0v) is 10.9. The standard InChI is InChI=1S/C12H8F10O/c13-8(14)6-4-1-2-5(3-4)7(6)9(8,15)23-12(21,22)10(16,17)11(18,19)20/h1-2,4-7H,3H2/t4-,5-,6+,7+,9+/m0/s1. The van der Waals surface area contributed by atoms with E-state index in [9.17, 15) is 43.9 Å². The highest BCUT2D eigenvalue weighted by Gasteiger charge is 2.87. The van der Waals surface area contributed by atoms with Crippen molar-refractivity contribution < 1.29 is 48.6 Å². The van der Waals surface area contributed by atoms with Gasteiger partial charge in [0.05, 0.1) is 0 Å². The van der Waals surface area contributed by atoms with Crippen molar-refractivity contribution >= 4 is 0 Å². The van der Waals surface area contributed by atoms with E-state index in [1.165, 1.54) is 12.2 Å². The van der Waals surface area contributed by atoms with E-state index in [0.717, 1.165) is 0 Å². The lowest BCUT2D eigenvalue weighted by Crippen LogP contribution is -2.74. The van der Waals surface area contributed by atoms with E-state index in [-0.39, 0.29) is 6.42 Å². The van der Waals surface area contributed by atoms with Crippen molar-refractivity contribution in [3.05, 3.63) is 12.2 Å². The molecule has 0 radical (unpaired) electrons. The highest BCUT2D eigenvalue weighted by atomic mass is 19.4. The van der Waals surface area contributed by atoms with Crippen LogP contribution in [-0.2, 0) is 4.74 Å². The van der Waals surface area contributed by atoms with Gasteiger partial charge in [-0.25, -0.2) is 4.39 Å². The summed E-state index contributed by atoms with van der Waals surface area (Å²) in [7, 11) is 0. The largest absolute Gasteiger partial charge is 0.462 e. The molecular formula is C12H8F10O. The number of hydrogen-bond donors (Lipinski definition) is 0. The number of ether oxygens (including phenoxy) is 1. The molecule has 2 saturated carbocycles. The monoisotopic (exact) mass is 358 g/mol. The van der Waals surface area contributed by atoms with Crippen LogP contribution in [0.3, 0.4) is 0 Å². The first-order valence-electron chi connectivity index (χ1n) is 6.44. The van der Waals surface area contributed by atoms with Gasteiger partial charge in [0.1, 0.15) is 0 Å². The van der Waals surface area contributed by atoms with Crippen LogP contribution in [0.5, 0.6) is 0 Å². The first kappa shape index (κ1) is 16.8. The maximum Gasteiger partial charge on any atom is 0.462 e. The molecule has 0 amide bonds. The third-order valence-electron chi connectivity index (χ3n) is 4.76. The molecule has 2 fully saturated rings. The van der Waals surface area contributed by atoms with E-state index in [4.69, 9.17) is 0 Å². The Labute approximate surface area is 122 Å². The van der Waals surface area contributed by atoms with E-state index in [2.05, 4.69) is 4.74 Å². The van der Waals surface area contributed by atoms with Crippen LogP contribution >= 0.6 is 0 Å². The van der Waals surface area contributed by atoms with Gasteiger partial charge in [0, 0.05) is 11.8 Å². The van der Waals surface area contributed by atoms with E-state index in [1.807, 2.05) is 0 Å². The van der Waals surface area contributed by atoms with E-state index in [0.29, 0.717) is 0 Å². The molecule has 0 saturated heterocycles. The van der Waals surface area contributed by atoms with Crippen LogP contribution in [0.25, 0.3) is 0 Å². The van der Waals surface area contributed by atoms with Gasteiger partial charge in [-0.2, -0.15) is 39.5 Å². The summed E-state index contributed by atoms with van der Waals surface area (Å²) in [6, 6.07) is 0. The Bertz CT molecular complexity index is 553. The van der Waals surface area contributed by atoms with E-state index in [1.54, 1.807) is 0 Å². The predicted octanol–water partition coefficient (Wildman–Crippen LogP) is 4.55. The summed E-state index contributed by atoms with van der Waals surface area (Å²) >= 11 is 0. The fraction of sp³-hybridized carbons (Fsp3) is 0.833. The average molecular weight is 358 g/mol. The van der Waals surface area contributed by atoms with Crippen molar-refractivity contribution in [3.8, 4) is 0 Å². The molecule has 0 aromatic heterocycles. The van der Waals surface area contributed by atoms with Crippen molar-refractivity contribution in [2.75, 3.05) is 0 Å². The number of hydrogen-bond acceptors (Lipinski definition) is 1. The average Bonchev–Trinajstić information content (AvgIpc) is 2.95. The Hall–Kier alpha value is -1.00. The molecule has 23 heavy (non-hydrogen) atoms. The second kappa shape index (κ2) is 4.15. The molecule has 11 heteroatoms. The third-order valence-corrected chi connectivity index (χ3v) is 4.76. The van der Waals surface area contributed by atoms with Gasteiger partial charge in [-0.05, 0) is 18.3 Å². The second-order valence-corrected chi connectivity index (χ2v) is 5.96. The molecule has 3 aliphatic rings. The minimum Gasteiger partial charge on any atom is -0.271 e. The highest BCUT2D eigenvalue weighted by molar-refractivity contribution is 5.28. The summed E-state index contributed by atoms with van der Waals surface area (Å²) in [4.78, 5) is 0. The van der Waals surface area contributed by atoms with Gasteiger partial charge in [0.25, 0.3) is 5.85 Å². The first-order chi connectivity index (χ1) is 10.2. The van der Waals surface area contributed by atoms with Crippen molar-refractivity contribution in [1.29, 1.82) is 0 Å². The molecule has 5 atom stereocenters. The van der Waals surface area contributed by atoms with Crippen molar-refractivity contribution in [2.24, 2.45) is 23.7 Å². The Morgan fingerprint density at radius 3 is 1.78 bits per heavy atom. The molecule has 0 N–H and O–H groups in total. The summed E-state index contributed by atoms with van der Waals surface area (Å²) in [6.07, 6.45) is -10.7. The van der Waals surface area contributed by atoms with Crippen LogP contribution in [0, 0.1) is 23.7 Å². The minimum absolute atomic E-state index is 0.0127. The topological polar surface area (TPSA) is 9.23 Å². The van der Waals surface area contributed by atoms with Gasteiger partial charge in [0.15, 0.2) is 0 Å². The Morgan fingerprint density at radius 1 is 0.826 bits per heavy atom. The fourth-order valence-corrected chi connectivity index (χ4v) is 3.73. The van der Waals surface area contributed by atoms with Gasteiger partial charge in [0.2, 0.25) is 0 Å². The van der Waals surface area contributed by atoms with E-state index >= 15 is 0 Å². The Kier molecular flexibility index (Phi) is 3.04. The van der Waals surface area contributed by atoms with Crippen LogP contribution in [0.2, 0.25) is 0 Å². The van der Waals surface area contributed by atoms with Crippen LogP contribution in [0.1, 0.15) is 6.42 Å². The summed E-state index contributed by atoms with van der Waals surface area (Å²) < 4.78 is 133. The fourth-order valence-electron chi connectivity index (χ4n) is 3.73. The number of rotatable bonds is 3. The molecule has 3 rings (SSSR count). The maximum absolute atomic E-state index is 14.3. The van der Waals surface area contributed by atoms with Crippen LogP contribution in [-0.4, -0.2) is 30.0 Å². The van der Waals surface area contributed by atoms with E-state index < -0.39 is 53.7 Å². The van der Waals surface area contributed by atoms with Gasteiger partial charge in [-0.15, -0.1) is 0 Å². The molecule has 0 aliphatic heterocycles. The maximum atomic E-state index is 14.3. The van der Waals surface area contributed by atoms with Gasteiger partial charge in [-0.3, -0.25) is 4.74 Å². The molecule has 132 valence electrons. The van der Waals surface area contributed by atoms with Gasteiger partial charge >= 0.3 is 24.1 Å². The summed E-state index contributed by atoms with van der Waals surface area (Å²) in [5, 5.41) is 0. The first-order valence-corrected chi connectivity index (χ1v) is 6.44. The zero-order chi connectivity index (χ0) is 17.6. The normalized spacial score (nSPS) is 41.8. The van der Waals surface area contributed by atoms with Crippen molar-refractivity contribution in [2.45, 2.75) is 36.4 Å². The third kappa shape index (κ3) is 1.79. The molecule has 0 unspecified atom stereocenters. The van der Waals surface area contributed by atoms with Crippen molar-refractivity contribution in [3.63, 3.8) is 0 Å². The lowest BCUT2D eigenvalue weighted by molar-refractivity contribution is -0.511. The minimum atomic E-state index is -6.81. The van der Waals surface area contributed by atoms with Gasteiger partial charge < -0.3 is 0 Å². The van der Waals surface area contributed by atoms with Crippen molar-refractivity contribution in [1.82, 2.24) is 0 Å². The highest BCUT2D eigenvalue weighted by Crippen LogP contribution is 2.72. The van der Waals surface area contributed by atoms with Crippen LogP contribution < -0.4 is 0 Å². The molecule has 3 aliphatic carbocycles. The summed E-state index contributed by atoms with van der Waals surface area (Å²) in [5.74, 6) is -21.4. The number of halogens is 10. The number of fused-ring (bicyclic) bond motifs is 5. The molecule has 0 aromatic rings. The second-order valence-electron chi connectivity index (χ2n) is 5.96. The quantitative estimate of drug-likeness (QED) is 0.532. The molecule has 0 aromatic carbocycles. The van der Waals surface area contributed by atoms with Crippen LogP contribution in [0.4, 0.5) is 43.9 Å². The molecule has 1 nitrogen and oxygen atoms in total. The lowest BCUT2D eigenvalue weighted by Gasteiger charge is -2.56. The smallest absolute Gasteiger partial charge is 0.271 e. The molecule has 2 bridgehead atoms. The number of allylic oxidation sites excluding steroid dienone is 2. The Morgan fingerprint density at radius 2 is 1.30 bits per heavy atom. The summed E-state index contributed by atoms with van der Waals surface area (Å²) in [5.41, 5.74) is 0. The van der Waals surface area contributed by atoms with Gasteiger partial charge in [-0.1, -0.05) is 12.2 Å². The van der Waals surface area contributed by atoms with Crippen LogP contribution in [0.15, 0.2) is 12.2 Å². The lowest BCUT2D eigenvalue weighted by atomic mass is 9.60. The SMILES string of the molecule is FC(F)(F)C(F)(F)C(F)(F)O[C@]1(F)[C@H]2[C@@H]([C@H]3C=C[C@H]2C3)C1(F)F. The Balaban J connectivity index is 1.92. The molecular weight excluding hydrogens is 350 g/mol. The predicted molar refractivity (Wildman–Crippen MR) is 53.5 cm³/mol. The summed E-state index contributed by atoms with van der Waals surface area (Å²) in [6.45, 7) is 0. The zero-order valence-electron chi connectivity index (χ0n) is 10.9.